The second kappa shape index (κ2) is 14.3. The number of carbonyl (C=O) groups excluding carboxylic acids is 3. The van der Waals surface area contributed by atoms with Crippen LogP contribution in [0.2, 0.25) is 0 Å². The Kier molecular flexibility index (Phi) is 10.8. The topological polar surface area (TPSA) is 122 Å². The summed E-state index contributed by atoms with van der Waals surface area (Å²) >= 11 is 0. The van der Waals surface area contributed by atoms with Crippen LogP contribution in [-0.2, 0) is 36.7 Å². The summed E-state index contributed by atoms with van der Waals surface area (Å²) in [6, 6.07) is 16.4. The first kappa shape index (κ1) is 31.7. The van der Waals surface area contributed by atoms with Crippen LogP contribution in [0.25, 0.3) is 0 Å². The molecule has 2 aliphatic rings. The number of Topliss-reactive ketones (excluding diaryl/α,β-unsaturated/α-hetero) is 1. The lowest BCUT2D eigenvalue weighted by Crippen LogP contribution is -2.62. The quantitative estimate of drug-likeness (QED) is 0.366. The summed E-state index contributed by atoms with van der Waals surface area (Å²) in [5.41, 5.74) is 0.342. The fourth-order valence-corrected chi connectivity index (χ4v) is 7.43. The zero-order valence-corrected chi connectivity index (χ0v) is 25.4. The van der Waals surface area contributed by atoms with E-state index in [1.165, 1.54) is 4.90 Å². The SMILES string of the molecule is CC(C)C[C@@H](NS(=O)(=O)Cc1ccccc1)C(=O)N1CCC[C@H]1C(=O)C1(NC(=O)OCc2ccccc2)CCCCC1. The van der Waals surface area contributed by atoms with Gasteiger partial charge in [-0.1, -0.05) is 93.8 Å². The summed E-state index contributed by atoms with van der Waals surface area (Å²) in [5.74, 6) is -0.786. The molecule has 228 valence electrons. The Hall–Kier alpha value is -3.24. The molecular weight excluding hydrogens is 554 g/mol. The highest BCUT2D eigenvalue weighted by Crippen LogP contribution is 2.34. The van der Waals surface area contributed by atoms with Crippen LogP contribution in [0, 0.1) is 5.92 Å². The number of nitrogens with zero attached hydrogens (tertiary/aromatic N) is 1. The average Bonchev–Trinajstić information content (AvgIpc) is 3.46. The summed E-state index contributed by atoms with van der Waals surface area (Å²) < 4.78 is 34.3. The molecule has 4 rings (SSSR count). The van der Waals surface area contributed by atoms with E-state index in [4.69, 9.17) is 4.74 Å². The van der Waals surface area contributed by atoms with Crippen molar-refractivity contribution >= 4 is 27.8 Å². The molecular formula is C32H43N3O6S. The average molecular weight is 598 g/mol. The van der Waals surface area contributed by atoms with Gasteiger partial charge in [-0.2, -0.15) is 0 Å². The molecule has 2 amide bonds. The maximum Gasteiger partial charge on any atom is 0.408 e. The van der Waals surface area contributed by atoms with Crippen molar-refractivity contribution in [1.29, 1.82) is 0 Å². The lowest BCUT2D eigenvalue weighted by molar-refractivity contribution is -0.142. The van der Waals surface area contributed by atoms with Crippen molar-refractivity contribution in [2.24, 2.45) is 5.92 Å². The monoisotopic (exact) mass is 597 g/mol. The van der Waals surface area contributed by atoms with Gasteiger partial charge in [0.15, 0.2) is 5.78 Å². The fourth-order valence-electron chi connectivity index (χ4n) is 6.09. The van der Waals surface area contributed by atoms with Crippen molar-refractivity contribution in [3.05, 3.63) is 71.8 Å². The largest absolute Gasteiger partial charge is 0.445 e. The van der Waals surface area contributed by atoms with Crippen LogP contribution in [-0.4, -0.2) is 55.3 Å². The molecule has 2 N–H and O–H groups in total. The van der Waals surface area contributed by atoms with Gasteiger partial charge in [-0.05, 0) is 49.1 Å². The van der Waals surface area contributed by atoms with Gasteiger partial charge >= 0.3 is 6.09 Å². The Morgan fingerprint density at radius 2 is 1.55 bits per heavy atom. The molecule has 1 aliphatic carbocycles. The highest BCUT2D eigenvalue weighted by atomic mass is 32.2. The Labute approximate surface area is 249 Å². The number of nitrogens with one attached hydrogen (secondary N) is 2. The Morgan fingerprint density at radius 1 is 0.929 bits per heavy atom. The minimum absolute atomic E-state index is 0.0425. The van der Waals surface area contributed by atoms with Gasteiger partial charge in [-0.3, -0.25) is 9.59 Å². The third-order valence-electron chi connectivity index (χ3n) is 8.10. The molecule has 42 heavy (non-hydrogen) atoms. The second-order valence-electron chi connectivity index (χ2n) is 11.9. The maximum absolute atomic E-state index is 14.2. The molecule has 1 saturated heterocycles. The predicted molar refractivity (Wildman–Crippen MR) is 161 cm³/mol. The summed E-state index contributed by atoms with van der Waals surface area (Å²) in [6.45, 7) is 4.31. The van der Waals surface area contributed by atoms with Crippen LogP contribution in [0.5, 0.6) is 0 Å². The van der Waals surface area contributed by atoms with Gasteiger partial charge in [0.25, 0.3) is 0 Å². The van der Waals surface area contributed by atoms with E-state index in [9.17, 15) is 22.8 Å². The molecule has 1 heterocycles. The maximum atomic E-state index is 14.2. The molecule has 0 unspecified atom stereocenters. The van der Waals surface area contributed by atoms with Crippen LogP contribution >= 0.6 is 0 Å². The van der Waals surface area contributed by atoms with E-state index in [0.29, 0.717) is 44.2 Å². The number of rotatable bonds is 12. The normalized spacial score (nSPS) is 19.3. The van der Waals surface area contributed by atoms with Crippen molar-refractivity contribution in [2.75, 3.05) is 6.54 Å². The number of alkyl carbamates (subject to hydrolysis) is 1. The first-order chi connectivity index (χ1) is 20.1. The molecule has 1 aliphatic heterocycles. The van der Waals surface area contributed by atoms with Gasteiger partial charge in [0.1, 0.15) is 18.2 Å². The highest BCUT2D eigenvalue weighted by Gasteiger charge is 2.49. The highest BCUT2D eigenvalue weighted by molar-refractivity contribution is 7.88. The van der Waals surface area contributed by atoms with Crippen LogP contribution in [0.3, 0.4) is 0 Å². The first-order valence-corrected chi connectivity index (χ1v) is 16.6. The van der Waals surface area contributed by atoms with Gasteiger partial charge in [0.2, 0.25) is 15.9 Å². The van der Waals surface area contributed by atoms with Gasteiger partial charge < -0.3 is 15.0 Å². The van der Waals surface area contributed by atoms with E-state index in [1.807, 2.05) is 50.2 Å². The number of likely N-dealkylation sites (tertiary alicyclic amines) is 1. The van der Waals surface area contributed by atoms with Crippen LogP contribution in [0.1, 0.15) is 76.3 Å². The number of hydrogen-bond acceptors (Lipinski definition) is 6. The van der Waals surface area contributed by atoms with Crippen molar-refractivity contribution in [3.8, 4) is 0 Å². The van der Waals surface area contributed by atoms with E-state index in [-0.39, 0.29) is 24.1 Å². The molecule has 1 saturated carbocycles. The third kappa shape index (κ3) is 8.41. The molecule has 2 aromatic rings. The number of ketones is 1. The predicted octanol–water partition coefficient (Wildman–Crippen LogP) is 4.71. The van der Waals surface area contributed by atoms with E-state index < -0.39 is 39.6 Å². The smallest absolute Gasteiger partial charge is 0.408 e. The molecule has 2 atom stereocenters. The molecule has 0 aromatic heterocycles. The summed E-state index contributed by atoms with van der Waals surface area (Å²) in [7, 11) is -3.83. The van der Waals surface area contributed by atoms with Crippen molar-refractivity contribution in [3.63, 3.8) is 0 Å². The number of benzene rings is 2. The molecule has 0 radical (unpaired) electrons. The van der Waals surface area contributed by atoms with Gasteiger partial charge in [-0.25, -0.2) is 17.9 Å². The molecule has 2 aromatic carbocycles. The van der Waals surface area contributed by atoms with Gasteiger partial charge in [0.05, 0.1) is 11.8 Å². The van der Waals surface area contributed by atoms with Gasteiger partial charge in [-0.15, -0.1) is 0 Å². The minimum Gasteiger partial charge on any atom is -0.445 e. The standard InChI is InChI=1S/C32H43N3O6S/c1-24(2)21-27(34-42(39,40)23-26-15-8-4-9-16-26)30(37)35-20-12-17-28(35)29(36)32(18-10-5-11-19-32)33-31(38)41-22-25-13-6-3-7-14-25/h3-4,6-9,13-16,24,27-28,34H,5,10-12,17-23H2,1-2H3,(H,33,38)/t27-,28+/m1/s1. The lowest BCUT2D eigenvalue weighted by atomic mass is 9.76. The molecule has 9 nitrogen and oxygen atoms in total. The second-order valence-corrected chi connectivity index (χ2v) is 13.7. The van der Waals surface area contributed by atoms with Crippen molar-refractivity contribution in [2.45, 2.75) is 95.2 Å². The number of amides is 2. The third-order valence-corrected chi connectivity index (χ3v) is 9.45. The molecule has 2 fully saturated rings. The van der Waals surface area contributed by atoms with Crippen LogP contribution in [0.4, 0.5) is 4.79 Å². The van der Waals surface area contributed by atoms with E-state index in [1.54, 1.807) is 24.3 Å². The summed E-state index contributed by atoms with van der Waals surface area (Å²) in [5, 5.41) is 2.91. The fraction of sp³-hybridized carbons (Fsp3) is 0.531. The van der Waals surface area contributed by atoms with E-state index in [2.05, 4.69) is 10.0 Å². The van der Waals surface area contributed by atoms with E-state index >= 15 is 0 Å². The van der Waals surface area contributed by atoms with Crippen LogP contribution in [0.15, 0.2) is 60.7 Å². The zero-order chi connectivity index (χ0) is 30.2. The Balaban J connectivity index is 1.49. The minimum atomic E-state index is -3.83. The number of ether oxygens (including phenoxy) is 1. The van der Waals surface area contributed by atoms with Gasteiger partial charge in [0, 0.05) is 6.54 Å². The Bertz CT molecular complexity index is 1310. The summed E-state index contributed by atoms with van der Waals surface area (Å²) in [6.07, 6.45) is 4.22. The molecule has 10 heteroatoms. The lowest BCUT2D eigenvalue weighted by Gasteiger charge is -2.40. The number of carbonyl (C=O) groups is 3. The number of hydrogen-bond donors (Lipinski definition) is 2. The zero-order valence-electron chi connectivity index (χ0n) is 24.6. The molecule has 0 spiro atoms. The van der Waals surface area contributed by atoms with Crippen molar-refractivity contribution in [1.82, 2.24) is 14.9 Å². The summed E-state index contributed by atoms with van der Waals surface area (Å²) in [4.78, 5) is 42.6. The first-order valence-electron chi connectivity index (χ1n) is 15.0. The van der Waals surface area contributed by atoms with Crippen molar-refractivity contribution < 1.29 is 27.5 Å². The Morgan fingerprint density at radius 3 is 2.17 bits per heavy atom. The van der Waals surface area contributed by atoms with Crippen LogP contribution < -0.4 is 10.0 Å². The number of sulfonamides is 1. The van der Waals surface area contributed by atoms with E-state index in [0.717, 1.165) is 24.8 Å². The molecule has 0 bridgehead atoms.